The monoisotopic (exact) mass is 385 g/mol. The van der Waals surface area contributed by atoms with Crippen LogP contribution in [-0.2, 0) is 11.3 Å². The van der Waals surface area contributed by atoms with Crippen LogP contribution in [0.5, 0.6) is 0 Å². The molecule has 1 aliphatic rings. The van der Waals surface area contributed by atoms with Gasteiger partial charge < -0.3 is 15.5 Å². The Morgan fingerprint density at radius 1 is 1.04 bits per heavy atom. The molecule has 0 aliphatic carbocycles. The van der Waals surface area contributed by atoms with E-state index in [0.29, 0.717) is 12.1 Å². The van der Waals surface area contributed by atoms with E-state index in [0.717, 1.165) is 12.8 Å². The number of nitrogens with zero attached hydrogens (tertiary/aromatic N) is 1. The molecule has 3 rings (SSSR count). The quantitative estimate of drug-likeness (QED) is 0.719. The van der Waals surface area contributed by atoms with E-state index in [2.05, 4.69) is 27.9 Å². The zero-order valence-corrected chi connectivity index (χ0v) is 15.4. The van der Waals surface area contributed by atoms with Gasteiger partial charge in [-0.3, -0.25) is 9.59 Å². The van der Waals surface area contributed by atoms with Crippen LogP contribution < -0.4 is 10.6 Å². The predicted molar refractivity (Wildman–Crippen MR) is 104 cm³/mol. The predicted octanol–water partition coefficient (Wildman–Crippen LogP) is 2.73. The number of hydrogen-bond donors (Lipinski definition) is 2. The van der Waals surface area contributed by atoms with E-state index in [4.69, 9.17) is 16.4 Å². The highest BCUT2D eigenvalue weighted by Crippen LogP contribution is 2.12. The summed E-state index contributed by atoms with van der Waals surface area (Å²) in [7, 11) is 0. The number of rotatable bonds is 7. The molecule has 0 bridgehead atoms. The highest BCUT2D eigenvalue weighted by molar-refractivity contribution is 6.67. The van der Waals surface area contributed by atoms with Crippen LogP contribution in [0, 0.1) is 0 Å². The Bertz CT molecular complexity index is 839. The van der Waals surface area contributed by atoms with E-state index < -0.39 is 11.9 Å². The first-order valence-electron chi connectivity index (χ1n) is 8.72. The molecule has 2 amide bonds. The first-order chi connectivity index (χ1) is 13.1. The van der Waals surface area contributed by atoms with Crippen molar-refractivity contribution in [2.24, 2.45) is 5.16 Å². The van der Waals surface area contributed by atoms with Gasteiger partial charge in [-0.2, -0.15) is 0 Å². The summed E-state index contributed by atoms with van der Waals surface area (Å²) in [6, 6.07) is 16.3. The van der Waals surface area contributed by atoms with Gasteiger partial charge in [0.25, 0.3) is 11.8 Å². The smallest absolute Gasteiger partial charge is 0.252 e. The lowest BCUT2D eigenvalue weighted by atomic mass is 10.1. The molecule has 1 atom stereocenters. The molecule has 1 heterocycles. The molecule has 6 nitrogen and oxygen atoms in total. The van der Waals surface area contributed by atoms with Crippen molar-refractivity contribution in [2.45, 2.75) is 18.9 Å². The maximum Gasteiger partial charge on any atom is 0.252 e. The first kappa shape index (κ1) is 18.9. The number of nitrogens with one attached hydrogen (secondary N) is 2. The Balaban J connectivity index is 1.56. The summed E-state index contributed by atoms with van der Waals surface area (Å²) in [5.74, 6) is -0.676. The van der Waals surface area contributed by atoms with E-state index >= 15 is 0 Å². The molecule has 1 aliphatic heterocycles. The van der Waals surface area contributed by atoms with E-state index in [1.807, 2.05) is 18.2 Å². The summed E-state index contributed by atoms with van der Waals surface area (Å²) >= 11 is 5.88. The van der Waals surface area contributed by atoms with Crippen molar-refractivity contribution in [3.63, 3.8) is 0 Å². The number of amides is 2. The summed E-state index contributed by atoms with van der Waals surface area (Å²) in [5.41, 5.74) is 1.83. The minimum Gasteiger partial charge on any atom is -0.392 e. The Morgan fingerprint density at radius 3 is 2.37 bits per heavy atom. The van der Waals surface area contributed by atoms with Crippen LogP contribution >= 0.6 is 11.6 Å². The van der Waals surface area contributed by atoms with Gasteiger partial charge in [-0.05, 0) is 30.5 Å². The average molecular weight is 386 g/mol. The summed E-state index contributed by atoms with van der Waals surface area (Å²) < 4.78 is 0. The fourth-order valence-corrected chi connectivity index (χ4v) is 2.92. The highest BCUT2D eigenvalue weighted by Gasteiger charge is 2.25. The number of carbonyl (C=O) groups excluding carboxylic acids is 2. The Kier molecular flexibility index (Phi) is 6.44. The maximum absolute atomic E-state index is 12.5. The minimum atomic E-state index is -0.499. The molecular weight excluding hydrogens is 366 g/mol. The lowest BCUT2D eigenvalue weighted by Gasteiger charge is -2.13. The molecule has 0 saturated carbocycles. The van der Waals surface area contributed by atoms with Crippen molar-refractivity contribution >= 4 is 28.6 Å². The van der Waals surface area contributed by atoms with E-state index in [1.54, 1.807) is 24.3 Å². The zero-order chi connectivity index (χ0) is 19.1. The highest BCUT2D eigenvalue weighted by atomic mass is 35.5. The standard InChI is InChI=1S/C20H20ClN3O3/c21-18-17(13-27-24-18)23-20(26)16-11-5-4-10-15(16)19(25)22-12-6-9-14-7-2-1-3-8-14/h1-5,7-8,10-11,17H,6,9,12-13H2,(H,22,25)(H,23,26). The molecule has 27 heavy (non-hydrogen) atoms. The topological polar surface area (TPSA) is 79.8 Å². The van der Waals surface area contributed by atoms with Crippen LogP contribution in [0.4, 0.5) is 0 Å². The fraction of sp³-hybridized carbons (Fsp3) is 0.250. The molecule has 0 saturated heterocycles. The molecule has 2 aromatic carbocycles. The molecule has 0 fully saturated rings. The van der Waals surface area contributed by atoms with Gasteiger partial charge in [0, 0.05) is 6.54 Å². The molecule has 2 aromatic rings. The van der Waals surface area contributed by atoms with Gasteiger partial charge in [0.1, 0.15) is 12.6 Å². The van der Waals surface area contributed by atoms with Crippen LogP contribution in [0.15, 0.2) is 59.8 Å². The van der Waals surface area contributed by atoms with Gasteiger partial charge in [-0.25, -0.2) is 0 Å². The van der Waals surface area contributed by atoms with Gasteiger partial charge in [0.05, 0.1) is 11.1 Å². The fourth-order valence-electron chi connectivity index (χ4n) is 2.76. The van der Waals surface area contributed by atoms with Crippen molar-refractivity contribution in [2.75, 3.05) is 13.2 Å². The molecule has 0 aromatic heterocycles. The third-order valence-corrected chi connectivity index (χ3v) is 4.51. The van der Waals surface area contributed by atoms with Gasteiger partial charge in [-0.15, -0.1) is 0 Å². The molecular formula is C20H20ClN3O3. The summed E-state index contributed by atoms with van der Waals surface area (Å²) in [4.78, 5) is 29.9. The molecule has 7 heteroatoms. The SMILES string of the molecule is O=C(NCCCc1ccccc1)c1ccccc1C(=O)NC1CON=C1Cl. The molecule has 2 N–H and O–H groups in total. The second-order valence-electron chi connectivity index (χ2n) is 6.13. The van der Waals surface area contributed by atoms with Gasteiger partial charge in [0.2, 0.25) is 0 Å². The van der Waals surface area contributed by atoms with Crippen molar-refractivity contribution in [1.29, 1.82) is 0 Å². The number of aryl methyl sites for hydroxylation is 1. The van der Waals surface area contributed by atoms with Crippen LogP contribution in [0.1, 0.15) is 32.7 Å². The summed E-state index contributed by atoms with van der Waals surface area (Å²) in [6.45, 7) is 0.705. The number of oxime groups is 1. The first-order valence-corrected chi connectivity index (χ1v) is 9.10. The van der Waals surface area contributed by atoms with Gasteiger partial charge in [-0.1, -0.05) is 59.2 Å². The number of benzene rings is 2. The maximum atomic E-state index is 12.5. The van der Waals surface area contributed by atoms with Crippen molar-refractivity contribution in [3.8, 4) is 0 Å². The van der Waals surface area contributed by atoms with E-state index in [9.17, 15) is 9.59 Å². The third-order valence-electron chi connectivity index (χ3n) is 4.17. The van der Waals surface area contributed by atoms with Crippen LogP contribution in [0.2, 0.25) is 0 Å². The largest absolute Gasteiger partial charge is 0.392 e. The van der Waals surface area contributed by atoms with Crippen LogP contribution in [0.3, 0.4) is 0 Å². The van der Waals surface area contributed by atoms with Crippen LogP contribution in [0.25, 0.3) is 0 Å². The Hall–Kier alpha value is -2.86. The number of halogens is 1. The molecule has 140 valence electrons. The summed E-state index contributed by atoms with van der Waals surface area (Å²) in [6.07, 6.45) is 1.69. The second kappa shape index (κ2) is 9.19. The second-order valence-corrected chi connectivity index (χ2v) is 6.51. The van der Waals surface area contributed by atoms with Gasteiger partial charge >= 0.3 is 0 Å². The van der Waals surface area contributed by atoms with Crippen molar-refractivity contribution < 1.29 is 14.4 Å². The lowest BCUT2D eigenvalue weighted by molar-refractivity contribution is 0.0902. The molecule has 0 spiro atoms. The zero-order valence-electron chi connectivity index (χ0n) is 14.7. The average Bonchev–Trinajstić information content (AvgIpc) is 3.10. The minimum absolute atomic E-state index is 0.179. The summed E-state index contributed by atoms with van der Waals surface area (Å²) in [5, 5.41) is 9.37. The van der Waals surface area contributed by atoms with Crippen LogP contribution in [-0.4, -0.2) is 36.2 Å². The van der Waals surface area contributed by atoms with Gasteiger partial charge in [0.15, 0.2) is 5.17 Å². The lowest BCUT2D eigenvalue weighted by Crippen LogP contribution is -2.40. The number of hydrogen-bond acceptors (Lipinski definition) is 4. The third kappa shape index (κ3) is 5.08. The Morgan fingerprint density at radius 2 is 1.70 bits per heavy atom. The molecule has 0 radical (unpaired) electrons. The Labute approximate surface area is 162 Å². The normalized spacial score (nSPS) is 15.6. The molecule has 1 unspecified atom stereocenters. The van der Waals surface area contributed by atoms with E-state index in [-0.39, 0.29) is 23.2 Å². The van der Waals surface area contributed by atoms with Crippen molar-refractivity contribution in [3.05, 3.63) is 71.3 Å². The number of carbonyl (C=O) groups is 2. The van der Waals surface area contributed by atoms with E-state index in [1.165, 1.54) is 5.56 Å². The van der Waals surface area contributed by atoms with Crippen molar-refractivity contribution in [1.82, 2.24) is 10.6 Å².